The molecule has 5 nitrogen and oxygen atoms in total. The van der Waals surface area contributed by atoms with Gasteiger partial charge in [-0.2, -0.15) is 5.26 Å². The quantitative estimate of drug-likeness (QED) is 0.827. The smallest absolute Gasteiger partial charge is 0.222 e. The molecule has 1 amide bonds. The first-order valence-electron chi connectivity index (χ1n) is 9.28. The molecule has 0 unspecified atom stereocenters. The van der Waals surface area contributed by atoms with Gasteiger partial charge in [-0.3, -0.25) is 4.79 Å². The number of rotatable bonds is 6. The lowest BCUT2D eigenvalue weighted by atomic mass is 9.77. The van der Waals surface area contributed by atoms with Crippen molar-refractivity contribution in [1.82, 2.24) is 10.2 Å². The average Bonchev–Trinajstić information content (AvgIpc) is 2.70. The van der Waals surface area contributed by atoms with E-state index in [1.54, 1.807) is 11.0 Å². The maximum absolute atomic E-state index is 11.9. The number of benzene rings is 2. The minimum Gasteiger partial charge on any atom is -0.395 e. The van der Waals surface area contributed by atoms with Crippen LogP contribution in [0.25, 0.3) is 11.1 Å². The molecular formula is C22H25N3O2. The van der Waals surface area contributed by atoms with Crippen molar-refractivity contribution in [2.75, 3.05) is 20.2 Å². The summed E-state index contributed by atoms with van der Waals surface area (Å²) in [6, 6.07) is 18.1. The number of amides is 1. The van der Waals surface area contributed by atoms with Crippen LogP contribution in [0, 0.1) is 11.3 Å². The number of nitrogens with one attached hydrogen (secondary N) is 1. The fraction of sp³-hybridized carbons (Fsp3) is 0.364. The zero-order chi connectivity index (χ0) is 19.4. The van der Waals surface area contributed by atoms with Crippen LogP contribution >= 0.6 is 0 Å². The summed E-state index contributed by atoms with van der Waals surface area (Å²) in [4.78, 5) is 13.6. The number of aliphatic hydroxyl groups is 1. The Kier molecular flexibility index (Phi) is 5.90. The zero-order valence-electron chi connectivity index (χ0n) is 15.7. The van der Waals surface area contributed by atoms with Crippen molar-refractivity contribution in [1.29, 1.82) is 5.26 Å². The van der Waals surface area contributed by atoms with E-state index in [-0.39, 0.29) is 30.5 Å². The third kappa shape index (κ3) is 4.02. The molecule has 1 saturated heterocycles. The van der Waals surface area contributed by atoms with E-state index in [2.05, 4.69) is 35.7 Å². The van der Waals surface area contributed by atoms with E-state index in [0.717, 1.165) is 16.7 Å². The summed E-state index contributed by atoms with van der Waals surface area (Å²) in [5.74, 6) is 0.289. The summed E-state index contributed by atoms with van der Waals surface area (Å²) in [5.41, 5.74) is 3.86. The monoisotopic (exact) mass is 363 g/mol. The minimum absolute atomic E-state index is 0.00731. The van der Waals surface area contributed by atoms with Gasteiger partial charge < -0.3 is 15.3 Å². The second kappa shape index (κ2) is 8.34. The molecule has 140 valence electrons. The Bertz CT molecular complexity index is 841. The van der Waals surface area contributed by atoms with Crippen LogP contribution in [0.1, 0.15) is 30.4 Å². The highest BCUT2D eigenvalue weighted by Crippen LogP contribution is 2.34. The summed E-state index contributed by atoms with van der Waals surface area (Å²) in [7, 11) is 1.82. The highest BCUT2D eigenvalue weighted by atomic mass is 16.3. The maximum atomic E-state index is 11.9. The van der Waals surface area contributed by atoms with Gasteiger partial charge in [0.1, 0.15) is 0 Å². The van der Waals surface area contributed by atoms with Crippen molar-refractivity contribution in [3.05, 3.63) is 59.7 Å². The summed E-state index contributed by atoms with van der Waals surface area (Å²) >= 11 is 0. The van der Waals surface area contributed by atoms with Crippen molar-refractivity contribution in [2.45, 2.75) is 31.3 Å². The highest BCUT2D eigenvalue weighted by molar-refractivity contribution is 5.75. The predicted molar refractivity (Wildman–Crippen MR) is 105 cm³/mol. The van der Waals surface area contributed by atoms with Gasteiger partial charge in [-0.25, -0.2) is 0 Å². The fourth-order valence-corrected chi connectivity index (χ4v) is 3.77. The summed E-state index contributed by atoms with van der Waals surface area (Å²) < 4.78 is 0. The van der Waals surface area contributed by atoms with E-state index < -0.39 is 0 Å². The molecule has 1 fully saturated rings. The zero-order valence-corrected chi connectivity index (χ0v) is 15.7. The van der Waals surface area contributed by atoms with Gasteiger partial charge >= 0.3 is 0 Å². The van der Waals surface area contributed by atoms with E-state index in [1.165, 1.54) is 0 Å². The van der Waals surface area contributed by atoms with E-state index in [1.807, 2.05) is 32.2 Å². The molecule has 27 heavy (non-hydrogen) atoms. The second-order valence-corrected chi connectivity index (χ2v) is 7.03. The highest BCUT2D eigenvalue weighted by Gasteiger charge is 2.41. The maximum Gasteiger partial charge on any atom is 0.222 e. The molecular weight excluding hydrogens is 338 g/mol. The lowest BCUT2D eigenvalue weighted by Crippen LogP contribution is -2.64. The van der Waals surface area contributed by atoms with Crippen LogP contribution < -0.4 is 5.32 Å². The van der Waals surface area contributed by atoms with Crippen LogP contribution in [-0.4, -0.2) is 48.2 Å². The number of hydrogen-bond donors (Lipinski definition) is 2. The molecule has 2 aromatic carbocycles. The number of likely N-dealkylation sites (N-methyl/N-ethyl adjacent to an activating group) is 1. The molecule has 0 aromatic heterocycles. The SMILES string of the molecule is CCC(=O)N(C)C[C@@H]1N[C@H](CO)[C@@H]1c1ccc(-c2cccc(C#N)c2)cc1. The molecule has 0 spiro atoms. The molecule has 1 heterocycles. The first kappa shape index (κ1) is 19.1. The van der Waals surface area contributed by atoms with Crippen molar-refractivity contribution in [2.24, 2.45) is 0 Å². The van der Waals surface area contributed by atoms with Crippen LogP contribution in [0.3, 0.4) is 0 Å². The van der Waals surface area contributed by atoms with Crippen molar-refractivity contribution >= 4 is 5.91 Å². The molecule has 0 aliphatic carbocycles. The fourth-order valence-electron chi connectivity index (χ4n) is 3.77. The Morgan fingerprint density at radius 1 is 1.19 bits per heavy atom. The Morgan fingerprint density at radius 2 is 1.93 bits per heavy atom. The lowest BCUT2D eigenvalue weighted by molar-refractivity contribution is -0.130. The van der Waals surface area contributed by atoms with E-state index in [0.29, 0.717) is 18.5 Å². The second-order valence-electron chi connectivity index (χ2n) is 7.03. The summed E-state index contributed by atoms with van der Waals surface area (Å²) in [5, 5.41) is 22.1. The van der Waals surface area contributed by atoms with Gasteiger partial charge in [0.05, 0.1) is 18.2 Å². The third-order valence-corrected chi connectivity index (χ3v) is 5.31. The van der Waals surface area contributed by atoms with Crippen LogP contribution in [0.2, 0.25) is 0 Å². The number of aliphatic hydroxyl groups excluding tert-OH is 1. The lowest BCUT2D eigenvalue weighted by Gasteiger charge is -2.47. The molecule has 0 radical (unpaired) electrons. The molecule has 5 heteroatoms. The Labute approximate surface area is 160 Å². The first-order chi connectivity index (χ1) is 13.1. The molecule has 3 rings (SSSR count). The van der Waals surface area contributed by atoms with E-state index in [9.17, 15) is 9.90 Å². The molecule has 1 aliphatic rings. The van der Waals surface area contributed by atoms with E-state index >= 15 is 0 Å². The predicted octanol–water partition coefficient (Wildman–Crippen LogP) is 2.51. The first-order valence-corrected chi connectivity index (χ1v) is 9.28. The van der Waals surface area contributed by atoms with Crippen molar-refractivity contribution < 1.29 is 9.90 Å². The molecule has 2 aromatic rings. The van der Waals surface area contributed by atoms with Crippen LogP contribution in [0.4, 0.5) is 0 Å². The van der Waals surface area contributed by atoms with Gasteiger partial charge in [0, 0.05) is 38.0 Å². The average molecular weight is 363 g/mol. The third-order valence-electron chi connectivity index (χ3n) is 5.31. The Morgan fingerprint density at radius 3 is 2.56 bits per heavy atom. The van der Waals surface area contributed by atoms with Crippen LogP contribution in [-0.2, 0) is 4.79 Å². The van der Waals surface area contributed by atoms with Crippen molar-refractivity contribution in [3.63, 3.8) is 0 Å². The van der Waals surface area contributed by atoms with Crippen LogP contribution in [0.5, 0.6) is 0 Å². The van der Waals surface area contributed by atoms with Gasteiger partial charge in [0.15, 0.2) is 0 Å². The standard InChI is InChI=1S/C22H25N3O2/c1-3-21(27)25(2)13-19-22(20(14-26)24-19)17-9-7-16(8-10-17)18-6-4-5-15(11-18)12-23/h4-11,19-20,22,24,26H,3,13-14H2,1-2H3/t19-,20+,22+/m0/s1. The molecule has 0 bridgehead atoms. The minimum atomic E-state index is 0.00731. The largest absolute Gasteiger partial charge is 0.395 e. The normalized spacial score (nSPS) is 21.2. The number of carbonyl (C=O) groups excluding carboxylic acids is 1. The van der Waals surface area contributed by atoms with Gasteiger partial charge in [-0.15, -0.1) is 0 Å². The topological polar surface area (TPSA) is 76.4 Å². The number of hydrogen-bond acceptors (Lipinski definition) is 4. The van der Waals surface area contributed by atoms with Gasteiger partial charge in [-0.1, -0.05) is 43.3 Å². The summed E-state index contributed by atoms with van der Waals surface area (Å²) in [6.07, 6.45) is 0.494. The summed E-state index contributed by atoms with van der Waals surface area (Å²) in [6.45, 7) is 2.56. The number of nitriles is 1. The van der Waals surface area contributed by atoms with Gasteiger partial charge in [0.25, 0.3) is 0 Å². The molecule has 2 N–H and O–H groups in total. The number of nitrogens with zero attached hydrogens (tertiary/aromatic N) is 2. The Hall–Kier alpha value is -2.68. The Balaban J connectivity index is 1.77. The van der Waals surface area contributed by atoms with Crippen LogP contribution in [0.15, 0.2) is 48.5 Å². The number of carbonyl (C=O) groups is 1. The van der Waals surface area contributed by atoms with Gasteiger partial charge in [-0.05, 0) is 28.8 Å². The van der Waals surface area contributed by atoms with E-state index in [4.69, 9.17) is 5.26 Å². The van der Waals surface area contributed by atoms with Gasteiger partial charge in [0.2, 0.25) is 5.91 Å². The van der Waals surface area contributed by atoms with Crippen molar-refractivity contribution in [3.8, 4) is 17.2 Å². The molecule has 3 atom stereocenters. The molecule has 1 aliphatic heterocycles. The molecule has 0 saturated carbocycles.